The SMILES string of the molecule is O=C(NCC1CC1)[C@@H]1C[C@@H](F)CN1C(=O)C1(C(F)(F)F)CC(F)(F)C1. The molecule has 0 aromatic rings. The van der Waals surface area contributed by atoms with Gasteiger partial charge in [-0.05, 0) is 18.8 Å². The van der Waals surface area contributed by atoms with Crippen LogP contribution >= 0.6 is 0 Å². The molecule has 2 saturated carbocycles. The van der Waals surface area contributed by atoms with Crippen molar-refractivity contribution in [2.24, 2.45) is 11.3 Å². The highest BCUT2D eigenvalue weighted by molar-refractivity contribution is 5.92. The Balaban J connectivity index is 1.77. The summed E-state index contributed by atoms with van der Waals surface area (Å²) in [6.07, 6.45) is -8.75. The molecule has 1 heterocycles. The normalized spacial score (nSPS) is 30.7. The smallest absolute Gasteiger partial charge is 0.354 e. The Labute approximate surface area is 139 Å². The second-order valence-corrected chi connectivity index (χ2v) is 7.28. The fraction of sp³-hybridized carbons (Fsp3) is 0.867. The first-order chi connectivity index (χ1) is 11.5. The van der Waals surface area contributed by atoms with Crippen LogP contribution in [0.5, 0.6) is 0 Å². The molecule has 2 amide bonds. The van der Waals surface area contributed by atoms with Crippen molar-refractivity contribution in [3.05, 3.63) is 0 Å². The molecule has 1 saturated heterocycles. The lowest BCUT2D eigenvalue weighted by Gasteiger charge is -2.48. The standard InChI is InChI=1S/C15H18F6N2O2/c16-9-3-10(11(24)22-4-8-1-2-8)23(5-9)12(25)13(15(19,20)21)6-14(17,18)7-13/h8-10H,1-7H2,(H,22,24)/t9-,10+/m1/s1. The van der Waals surface area contributed by atoms with Crippen LogP contribution in [0.3, 0.4) is 0 Å². The number of hydrogen-bond acceptors (Lipinski definition) is 2. The summed E-state index contributed by atoms with van der Waals surface area (Å²) in [7, 11) is 0. The zero-order chi connectivity index (χ0) is 18.6. The number of halogens is 6. The van der Waals surface area contributed by atoms with E-state index < -0.39 is 67.3 Å². The summed E-state index contributed by atoms with van der Waals surface area (Å²) in [4.78, 5) is 25.1. The van der Waals surface area contributed by atoms with Crippen LogP contribution in [0.15, 0.2) is 0 Å². The molecule has 0 unspecified atom stereocenters. The zero-order valence-electron chi connectivity index (χ0n) is 13.2. The van der Waals surface area contributed by atoms with Gasteiger partial charge in [0.2, 0.25) is 11.8 Å². The molecule has 4 nitrogen and oxygen atoms in total. The minimum Gasteiger partial charge on any atom is -0.354 e. The van der Waals surface area contributed by atoms with Crippen LogP contribution in [0.2, 0.25) is 0 Å². The van der Waals surface area contributed by atoms with E-state index >= 15 is 0 Å². The first-order valence-corrected chi connectivity index (χ1v) is 8.13. The summed E-state index contributed by atoms with van der Waals surface area (Å²) < 4.78 is 79.9. The van der Waals surface area contributed by atoms with E-state index in [1.54, 1.807) is 0 Å². The molecule has 2 aliphatic carbocycles. The predicted octanol–water partition coefficient (Wildman–Crippen LogP) is 2.43. The van der Waals surface area contributed by atoms with Crippen LogP contribution in [0, 0.1) is 11.3 Å². The van der Waals surface area contributed by atoms with E-state index in [-0.39, 0.29) is 0 Å². The van der Waals surface area contributed by atoms with Crippen LogP contribution < -0.4 is 5.32 Å². The largest absolute Gasteiger partial charge is 0.403 e. The van der Waals surface area contributed by atoms with Gasteiger partial charge in [-0.25, -0.2) is 13.2 Å². The molecule has 142 valence electrons. The molecule has 3 aliphatic rings. The minimum absolute atomic E-state index is 0.294. The summed E-state index contributed by atoms with van der Waals surface area (Å²) in [5.74, 6) is -5.66. The Morgan fingerprint density at radius 1 is 1.16 bits per heavy atom. The molecular weight excluding hydrogens is 354 g/mol. The van der Waals surface area contributed by atoms with E-state index in [4.69, 9.17) is 0 Å². The molecule has 3 rings (SSSR count). The Hall–Kier alpha value is -1.48. The molecule has 0 radical (unpaired) electrons. The van der Waals surface area contributed by atoms with Gasteiger partial charge in [-0.1, -0.05) is 0 Å². The van der Waals surface area contributed by atoms with Gasteiger partial charge < -0.3 is 10.2 Å². The number of carbonyl (C=O) groups excluding carboxylic acids is 2. The van der Waals surface area contributed by atoms with E-state index in [9.17, 15) is 35.9 Å². The lowest BCUT2D eigenvalue weighted by atomic mass is 9.64. The van der Waals surface area contributed by atoms with Crippen molar-refractivity contribution in [1.82, 2.24) is 10.2 Å². The molecule has 2 atom stereocenters. The highest BCUT2D eigenvalue weighted by Crippen LogP contribution is 2.61. The second kappa shape index (κ2) is 5.77. The Bertz CT molecular complexity index is 567. The molecule has 3 fully saturated rings. The molecule has 0 aromatic heterocycles. The van der Waals surface area contributed by atoms with Crippen molar-refractivity contribution in [2.45, 2.75) is 56.4 Å². The number of carbonyl (C=O) groups is 2. The number of amides is 2. The number of likely N-dealkylation sites (tertiary alicyclic amines) is 1. The fourth-order valence-corrected chi connectivity index (χ4v) is 3.52. The van der Waals surface area contributed by atoms with Crippen LogP contribution in [-0.4, -0.2) is 54.1 Å². The van der Waals surface area contributed by atoms with Crippen LogP contribution in [0.25, 0.3) is 0 Å². The van der Waals surface area contributed by atoms with Crippen LogP contribution in [0.4, 0.5) is 26.3 Å². The van der Waals surface area contributed by atoms with Crippen molar-refractivity contribution in [3.63, 3.8) is 0 Å². The van der Waals surface area contributed by atoms with Crippen molar-refractivity contribution in [2.75, 3.05) is 13.1 Å². The third-order valence-corrected chi connectivity index (χ3v) is 5.15. The molecule has 0 spiro atoms. The Morgan fingerprint density at radius 2 is 1.76 bits per heavy atom. The molecule has 25 heavy (non-hydrogen) atoms. The summed E-state index contributed by atoms with van der Waals surface area (Å²) >= 11 is 0. The van der Waals surface area contributed by atoms with E-state index in [2.05, 4.69) is 5.32 Å². The predicted molar refractivity (Wildman–Crippen MR) is 73.4 cm³/mol. The molecule has 10 heteroatoms. The first kappa shape index (κ1) is 18.3. The number of rotatable bonds is 4. The third-order valence-electron chi connectivity index (χ3n) is 5.15. The lowest BCUT2D eigenvalue weighted by molar-refractivity contribution is -0.299. The average Bonchev–Trinajstić information content (AvgIpc) is 3.20. The number of nitrogens with zero attached hydrogens (tertiary/aromatic N) is 1. The second-order valence-electron chi connectivity index (χ2n) is 7.28. The Kier molecular flexibility index (Phi) is 4.23. The molecular formula is C15H18F6N2O2. The van der Waals surface area contributed by atoms with Gasteiger partial charge in [-0.2, -0.15) is 13.2 Å². The van der Waals surface area contributed by atoms with E-state index in [0.29, 0.717) is 17.4 Å². The number of nitrogens with one attached hydrogen (secondary N) is 1. The van der Waals surface area contributed by atoms with E-state index in [1.807, 2.05) is 0 Å². The molecule has 1 N–H and O–H groups in total. The van der Waals surface area contributed by atoms with Gasteiger partial charge in [0, 0.05) is 25.8 Å². The van der Waals surface area contributed by atoms with Crippen LogP contribution in [-0.2, 0) is 9.59 Å². The van der Waals surface area contributed by atoms with Gasteiger partial charge in [0.15, 0.2) is 5.41 Å². The highest BCUT2D eigenvalue weighted by atomic mass is 19.4. The van der Waals surface area contributed by atoms with Gasteiger partial charge in [0.05, 0.1) is 6.54 Å². The number of hydrogen-bond donors (Lipinski definition) is 1. The zero-order valence-corrected chi connectivity index (χ0v) is 13.2. The Morgan fingerprint density at radius 3 is 2.24 bits per heavy atom. The quantitative estimate of drug-likeness (QED) is 0.771. The summed E-state index contributed by atoms with van der Waals surface area (Å²) in [5, 5.41) is 2.51. The van der Waals surface area contributed by atoms with Gasteiger partial charge >= 0.3 is 6.18 Å². The monoisotopic (exact) mass is 372 g/mol. The van der Waals surface area contributed by atoms with Gasteiger partial charge in [-0.3, -0.25) is 9.59 Å². The van der Waals surface area contributed by atoms with Crippen molar-refractivity contribution < 1.29 is 35.9 Å². The maximum absolute atomic E-state index is 13.7. The third kappa shape index (κ3) is 3.31. The molecule has 0 aromatic carbocycles. The number of alkyl halides is 6. The van der Waals surface area contributed by atoms with E-state index in [1.165, 1.54) is 0 Å². The van der Waals surface area contributed by atoms with Crippen molar-refractivity contribution >= 4 is 11.8 Å². The fourth-order valence-electron chi connectivity index (χ4n) is 3.52. The maximum atomic E-state index is 13.7. The molecule has 0 bridgehead atoms. The minimum atomic E-state index is -5.19. The van der Waals surface area contributed by atoms with Crippen molar-refractivity contribution in [3.8, 4) is 0 Å². The first-order valence-electron chi connectivity index (χ1n) is 8.13. The summed E-state index contributed by atoms with van der Waals surface area (Å²) in [6, 6.07) is -1.39. The lowest BCUT2D eigenvalue weighted by Crippen LogP contribution is -2.64. The van der Waals surface area contributed by atoms with Crippen LogP contribution in [0.1, 0.15) is 32.1 Å². The summed E-state index contributed by atoms with van der Waals surface area (Å²) in [5.41, 5.74) is -3.24. The van der Waals surface area contributed by atoms with E-state index in [0.717, 1.165) is 12.8 Å². The highest BCUT2D eigenvalue weighted by Gasteiger charge is 2.74. The van der Waals surface area contributed by atoms with Crippen molar-refractivity contribution in [1.29, 1.82) is 0 Å². The maximum Gasteiger partial charge on any atom is 0.403 e. The molecule has 1 aliphatic heterocycles. The topological polar surface area (TPSA) is 49.4 Å². The van der Waals surface area contributed by atoms with Gasteiger partial charge in [0.25, 0.3) is 5.92 Å². The summed E-state index contributed by atoms with van der Waals surface area (Å²) in [6.45, 7) is -0.374. The average molecular weight is 372 g/mol. The van der Waals surface area contributed by atoms with Gasteiger partial charge in [0.1, 0.15) is 12.2 Å². The van der Waals surface area contributed by atoms with Gasteiger partial charge in [-0.15, -0.1) is 0 Å².